The predicted octanol–water partition coefficient (Wildman–Crippen LogP) is 3.85. The van der Waals surface area contributed by atoms with Gasteiger partial charge < -0.3 is 14.2 Å². The van der Waals surface area contributed by atoms with Crippen LogP contribution in [0.25, 0.3) is 11.4 Å². The molecule has 0 aliphatic heterocycles. The highest BCUT2D eigenvalue weighted by atomic mass is 32.2. The molecule has 10 nitrogen and oxygen atoms in total. The van der Waals surface area contributed by atoms with Crippen LogP contribution in [0, 0.1) is 6.92 Å². The van der Waals surface area contributed by atoms with Crippen LogP contribution in [0.3, 0.4) is 0 Å². The van der Waals surface area contributed by atoms with Crippen molar-refractivity contribution < 1.29 is 36.3 Å². The maximum atomic E-state index is 13.6. The molecular weight excluding hydrogens is 458 g/mol. The van der Waals surface area contributed by atoms with Gasteiger partial charge in [-0.05, 0) is 42.7 Å². The lowest BCUT2D eigenvalue weighted by atomic mass is 10.2. The predicted molar refractivity (Wildman–Crippen MR) is 125 cm³/mol. The molecule has 0 bridgehead atoms. The van der Waals surface area contributed by atoms with E-state index in [1.54, 1.807) is 6.07 Å². The minimum atomic E-state index is -5.00. The van der Waals surface area contributed by atoms with Crippen molar-refractivity contribution in [2.45, 2.75) is 11.9 Å². The Morgan fingerprint density at radius 2 is 1.79 bits per heavy atom. The third-order valence-corrected chi connectivity index (χ3v) is 5.24. The van der Waals surface area contributed by atoms with Crippen LogP contribution in [0.2, 0.25) is 0 Å². The number of nitrogens with one attached hydrogen (secondary N) is 1. The van der Waals surface area contributed by atoms with Gasteiger partial charge in [-0.15, -0.1) is 0 Å². The summed E-state index contributed by atoms with van der Waals surface area (Å²) in [6.45, 7) is 1.31. The van der Waals surface area contributed by atoms with Gasteiger partial charge >= 0.3 is 0 Å². The fraction of sp³-hybridized carbons (Fsp3) is 0.130. The smallest absolute Gasteiger partial charge is 0.280 e. The molecule has 3 heterocycles. The SMILES string of the molecule is [2H]c1nc([2H])c([2H])c(-c2nc(NS(=O)(=O)c3nc([2H])c(C)c([2H])c3[2H])c(Oc3ccccc3OC)c(OC([2H])([2H])[2H])n2)c1[2H]. The molecule has 174 valence electrons. The van der Waals surface area contributed by atoms with E-state index in [4.69, 9.17) is 27.9 Å². The third kappa shape index (κ3) is 4.89. The van der Waals surface area contributed by atoms with Crippen LogP contribution in [-0.2, 0) is 10.0 Å². The number of para-hydroxylation sites is 2. The number of methoxy groups -OCH3 is 2. The van der Waals surface area contributed by atoms with Crippen LogP contribution < -0.4 is 18.9 Å². The number of aromatic nitrogens is 4. The zero-order valence-corrected chi connectivity index (χ0v) is 18.4. The number of pyridine rings is 2. The van der Waals surface area contributed by atoms with Crippen molar-refractivity contribution in [1.82, 2.24) is 19.9 Å². The fourth-order valence-electron chi connectivity index (χ4n) is 2.56. The Morgan fingerprint density at radius 3 is 2.53 bits per heavy atom. The summed E-state index contributed by atoms with van der Waals surface area (Å²) < 4.78 is 124. The second kappa shape index (κ2) is 9.71. The van der Waals surface area contributed by atoms with Gasteiger partial charge in [-0.3, -0.25) is 9.71 Å². The highest BCUT2D eigenvalue weighted by Crippen LogP contribution is 2.41. The summed E-state index contributed by atoms with van der Waals surface area (Å²) in [4.78, 5) is 15.1. The number of ether oxygens (including phenoxy) is 3. The summed E-state index contributed by atoms with van der Waals surface area (Å²) in [5.74, 6) is -3.24. The maximum absolute atomic E-state index is 13.6. The van der Waals surface area contributed by atoms with E-state index in [0.29, 0.717) is 0 Å². The van der Waals surface area contributed by atoms with Crippen molar-refractivity contribution in [2.75, 3.05) is 18.9 Å². The van der Waals surface area contributed by atoms with E-state index < -0.39 is 93.6 Å². The van der Waals surface area contributed by atoms with Gasteiger partial charge in [-0.2, -0.15) is 13.4 Å². The van der Waals surface area contributed by atoms with Crippen LogP contribution in [0.1, 0.15) is 19.3 Å². The summed E-state index contributed by atoms with van der Waals surface area (Å²) in [6, 6.07) is 2.98. The monoisotopic (exact) mass is 489 g/mol. The number of rotatable bonds is 8. The van der Waals surface area contributed by atoms with E-state index in [9.17, 15) is 8.42 Å². The Kier molecular flexibility index (Phi) is 3.84. The number of nitrogens with zero attached hydrogens (tertiary/aromatic N) is 4. The Balaban J connectivity index is 2.06. The van der Waals surface area contributed by atoms with Gasteiger partial charge in [0.2, 0.25) is 5.75 Å². The summed E-state index contributed by atoms with van der Waals surface area (Å²) >= 11 is 0. The van der Waals surface area contributed by atoms with E-state index in [1.165, 1.54) is 32.2 Å². The van der Waals surface area contributed by atoms with Crippen LogP contribution in [0.5, 0.6) is 23.1 Å². The lowest BCUT2D eigenvalue weighted by Crippen LogP contribution is -2.17. The van der Waals surface area contributed by atoms with Gasteiger partial charge in [0.25, 0.3) is 15.9 Å². The normalized spacial score (nSPS) is 15.6. The Bertz CT molecular complexity index is 1870. The Labute approximate surface area is 210 Å². The van der Waals surface area contributed by atoms with Crippen LogP contribution in [0.4, 0.5) is 5.82 Å². The molecule has 3 aromatic heterocycles. The van der Waals surface area contributed by atoms with Gasteiger partial charge in [0.1, 0.15) is 0 Å². The lowest BCUT2D eigenvalue weighted by molar-refractivity contribution is 0.348. The van der Waals surface area contributed by atoms with Gasteiger partial charge in [-0.1, -0.05) is 18.2 Å². The molecule has 0 aliphatic rings. The number of benzene rings is 1. The first-order chi connectivity index (χ1) is 20.4. The van der Waals surface area contributed by atoms with E-state index in [1.807, 2.05) is 4.72 Å². The molecule has 0 saturated carbocycles. The summed E-state index contributed by atoms with van der Waals surface area (Å²) in [5.41, 5.74) is -0.654. The van der Waals surface area contributed by atoms with Crippen molar-refractivity contribution in [1.29, 1.82) is 0 Å². The molecule has 0 aliphatic carbocycles. The first-order valence-corrected chi connectivity index (χ1v) is 10.8. The average molecular weight is 490 g/mol. The molecule has 4 rings (SSSR count). The molecule has 1 N–H and O–H groups in total. The summed E-state index contributed by atoms with van der Waals surface area (Å²) in [6.07, 6.45) is -2.12. The van der Waals surface area contributed by atoms with Crippen LogP contribution >= 0.6 is 0 Å². The molecule has 4 aromatic rings. The maximum Gasteiger partial charge on any atom is 0.280 e. The largest absolute Gasteiger partial charge is 0.493 e. The van der Waals surface area contributed by atoms with Crippen LogP contribution in [-0.4, -0.2) is 42.5 Å². The number of hydrogen-bond acceptors (Lipinski definition) is 9. The molecule has 1 aromatic carbocycles. The number of hydrogen-bond donors (Lipinski definition) is 1. The highest BCUT2D eigenvalue weighted by Gasteiger charge is 2.25. The van der Waals surface area contributed by atoms with Crippen LogP contribution in [0.15, 0.2) is 72.0 Å². The van der Waals surface area contributed by atoms with E-state index in [2.05, 4.69) is 19.9 Å². The second-order valence-corrected chi connectivity index (χ2v) is 7.95. The minimum Gasteiger partial charge on any atom is -0.493 e. The molecule has 0 spiro atoms. The molecule has 0 unspecified atom stereocenters. The topological polar surface area (TPSA) is 125 Å². The molecule has 0 fully saturated rings. The molecular formula is C23H21N5O5S. The van der Waals surface area contributed by atoms with Gasteiger partial charge in [0.15, 0.2) is 28.2 Å². The Morgan fingerprint density at radius 1 is 1.03 bits per heavy atom. The quantitative estimate of drug-likeness (QED) is 0.393. The van der Waals surface area contributed by atoms with Crippen molar-refractivity contribution in [3.05, 3.63) is 72.5 Å². The molecule has 0 atom stereocenters. The standard InChI is InChI=1S/C23H21N5O5S/c1-15-8-9-19(25-14-15)34(29,30)28-22-20(33-18-7-5-4-6-17(18)31-2)23(32-3)27-21(26-22)16-10-12-24-13-11-16/h4-14H,1-3H3,(H,26,27,28)/i3D3,8D,9D,10D,11D,12D,13D,14D. The summed E-state index contributed by atoms with van der Waals surface area (Å²) in [5, 5.41) is -1.05. The van der Waals surface area contributed by atoms with Gasteiger partial charge in [0.05, 0.1) is 27.9 Å². The molecule has 0 saturated heterocycles. The number of anilines is 1. The lowest BCUT2D eigenvalue weighted by Gasteiger charge is -2.17. The van der Waals surface area contributed by atoms with Gasteiger partial charge in [0, 0.05) is 24.1 Å². The molecule has 0 amide bonds. The van der Waals surface area contributed by atoms with Crippen molar-refractivity contribution in [3.8, 4) is 34.5 Å². The number of sulfonamides is 1. The summed E-state index contributed by atoms with van der Waals surface area (Å²) in [7, 11) is -6.92. The third-order valence-electron chi connectivity index (χ3n) is 4.08. The molecule has 34 heavy (non-hydrogen) atoms. The zero-order valence-electron chi connectivity index (χ0n) is 27.5. The van der Waals surface area contributed by atoms with Crippen molar-refractivity contribution in [3.63, 3.8) is 0 Å². The molecule has 0 radical (unpaired) electrons. The molecule has 11 heteroatoms. The van der Waals surface area contributed by atoms with E-state index >= 15 is 0 Å². The highest BCUT2D eigenvalue weighted by molar-refractivity contribution is 7.92. The second-order valence-electron chi connectivity index (χ2n) is 6.35. The van der Waals surface area contributed by atoms with Crippen molar-refractivity contribution >= 4 is 15.8 Å². The minimum absolute atomic E-state index is 0.0622. The first kappa shape index (κ1) is 13.5. The average Bonchev–Trinajstić information content (AvgIpc) is 2.93. The Hall–Kier alpha value is -4.25. The van der Waals surface area contributed by atoms with Gasteiger partial charge in [-0.25, -0.2) is 9.97 Å². The first-order valence-electron chi connectivity index (χ1n) is 14.3. The van der Waals surface area contributed by atoms with Crippen molar-refractivity contribution in [2.24, 2.45) is 0 Å². The van der Waals surface area contributed by atoms with E-state index in [-0.39, 0.29) is 17.1 Å². The van der Waals surface area contributed by atoms with E-state index in [0.717, 1.165) is 0 Å². The zero-order chi connectivity index (χ0) is 32.7. The fourth-order valence-corrected chi connectivity index (χ4v) is 3.41.